The Morgan fingerprint density at radius 1 is 1.10 bits per heavy atom. The minimum Gasteiger partial charge on any atom is -0.496 e. The Hall–Kier alpha value is -2.07. The molecule has 0 amide bonds. The number of nitrogens with zero attached hydrogens (tertiary/aromatic N) is 1. The van der Waals surface area contributed by atoms with Crippen LogP contribution in [0.3, 0.4) is 0 Å². The van der Waals surface area contributed by atoms with Crippen LogP contribution in [-0.2, 0) is 6.42 Å². The molecule has 4 heteroatoms. The predicted octanol–water partition coefficient (Wildman–Crippen LogP) is 2.65. The van der Waals surface area contributed by atoms with Crippen molar-refractivity contribution < 1.29 is 9.47 Å². The Balaban J connectivity index is 2.34. The maximum absolute atomic E-state index is 6.35. The van der Waals surface area contributed by atoms with Crippen LogP contribution in [0.4, 0.5) is 0 Å². The van der Waals surface area contributed by atoms with Crippen molar-refractivity contribution in [1.82, 2.24) is 4.98 Å². The maximum Gasteiger partial charge on any atom is 0.127 e. The van der Waals surface area contributed by atoms with E-state index in [0.717, 1.165) is 28.3 Å². The molecular weight excluding hydrogens is 252 g/mol. The molecule has 1 heterocycles. The third kappa shape index (κ3) is 2.91. The van der Waals surface area contributed by atoms with Crippen LogP contribution in [0.5, 0.6) is 11.5 Å². The van der Waals surface area contributed by atoms with Gasteiger partial charge in [0.05, 0.1) is 19.8 Å². The molecule has 1 aromatic heterocycles. The molecule has 0 bridgehead atoms. The lowest BCUT2D eigenvalue weighted by atomic mass is 9.98. The smallest absolute Gasteiger partial charge is 0.127 e. The van der Waals surface area contributed by atoms with Crippen LogP contribution in [-0.4, -0.2) is 19.2 Å². The molecule has 2 aromatic rings. The Labute approximate surface area is 119 Å². The third-order valence-corrected chi connectivity index (χ3v) is 3.37. The number of aryl methyl sites for hydroxylation is 1. The third-order valence-electron chi connectivity index (χ3n) is 3.37. The number of aromatic nitrogens is 1. The number of pyridine rings is 1. The first kappa shape index (κ1) is 14.3. The fourth-order valence-corrected chi connectivity index (χ4v) is 2.29. The molecule has 106 valence electrons. The summed E-state index contributed by atoms with van der Waals surface area (Å²) in [5.74, 6) is 1.48. The molecule has 0 radical (unpaired) electrons. The maximum atomic E-state index is 6.35. The van der Waals surface area contributed by atoms with Crippen molar-refractivity contribution in [1.29, 1.82) is 0 Å². The fourth-order valence-electron chi connectivity index (χ4n) is 2.29. The largest absolute Gasteiger partial charge is 0.496 e. The van der Waals surface area contributed by atoms with Gasteiger partial charge in [0.25, 0.3) is 0 Å². The molecule has 0 saturated carbocycles. The summed E-state index contributed by atoms with van der Waals surface area (Å²) < 4.78 is 10.8. The first-order valence-corrected chi connectivity index (χ1v) is 6.54. The van der Waals surface area contributed by atoms with E-state index in [2.05, 4.69) is 4.98 Å². The molecule has 2 N–H and O–H groups in total. The zero-order valence-corrected chi connectivity index (χ0v) is 12.1. The summed E-state index contributed by atoms with van der Waals surface area (Å²) >= 11 is 0. The zero-order chi connectivity index (χ0) is 14.5. The highest BCUT2D eigenvalue weighted by Crippen LogP contribution is 2.34. The lowest BCUT2D eigenvalue weighted by molar-refractivity contribution is 0.378. The van der Waals surface area contributed by atoms with E-state index in [4.69, 9.17) is 15.2 Å². The average Bonchev–Trinajstić information content (AvgIpc) is 2.48. The van der Waals surface area contributed by atoms with Gasteiger partial charge >= 0.3 is 0 Å². The highest BCUT2D eigenvalue weighted by molar-refractivity contribution is 5.47. The van der Waals surface area contributed by atoms with Crippen LogP contribution in [0.2, 0.25) is 0 Å². The summed E-state index contributed by atoms with van der Waals surface area (Å²) in [5.41, 5.74) is 9.36. The second kappa shape index (κ2) is 6.39. The Morgan fingerprint density at radius 3 is 2.30 bits per heavy atom. The van der Waals surface area contributed by atoms with E-state index in [9.17, 15) is 0 Å². The van der Waals surface area contributed by atoms with Crippen LogP contribution in [0.1, 0.15) is 22.9 Å². The van der Waals surface area contributed by atoms with Gasteiger partial charge in [-0.05, 0) is 30.7 Å². The molecule has 0 saturated heterocycles. The Morgan fingerprint density at radius 2 is 1.75 bits per heavy atom. The van der Waals surface area contributed by atoms with Crippen LogP contribution in [0.15, 0.2) is 36.5 Å². The Bertz CT molecular complexity index is 562. The number of benzene rings is 1. The number of nitrogens with two attached hydrogens (primary N) is 1. The van der Waals surface area contributed by atoms with Gasteiger partial charge in [0.2, 0.25) is 0 Å². The van der Waals surface area contributed by atoms with Gasteiger partial charge in [-0.25, -0.2) is 0 Å². The van der Waals surface area contributed by atoms with Crippen LogP contribution < -0.4 is 15.2 Å². The topological polar surface area (TPSA) is 57.4 Å². The minimum atomic E-state index is -0.227. The summed E-state index contributed by atoms with van der Waals surface area (Å²) in [6, 6.07) is 9.41. The van der Waals surface area contributed by atoms with Gasteiger partial charge in [0.1, 0.15) is 11.5 Å². The van der Waals surface area contributed by atoms with Gasteiger partial charge in [-0.1, -0.05) is 12.1 Å². The highest BCUT2D eigenvalue weighted by atomic mass is 16.5. The van der Waals surface area contributed by atoms with Crippen molar-refractivity contribution >= 4 is 0 Å². The van der Waals surface area contributed by atoms with Crippen LogP contribution in [0.25, 0.3) is 0 Å². The Kier molecular flexibility index (Phi) is 4.58. The van der Waals surface area contributed by atoms with Gasteiger partial charge in [0.15, 0.2) is 0 Å². The minimum absolute atomic E-state index is 0.227. The molecule has 0 aliphatic rings. The number of hydrogen-bond acceptors (Lipinski definition) is 4. The van der Waals surface area contributed by atoms with E-state index in [1.807, 2.05) is 37.3 Å². The van der Waals surface area contributed by atoms with E-state index >= 15 is 0 Å². The highest BCUT2D eigenvalue weighted by Gasteiger charge is 2.18. The quantitative estimate of drug-likeness (QED) is 0.909. The lowest BCUT2D eigenvalue weighted by Crippen LogP contribution is -2.17. The summed E-state index contributed by atoms with van der Waals surface area (Å²) in [4.78, 5) is 4.39. The first-order valence-electron chi connectivity index (χ1n) is 6.54. The van der Waals surface area contributed by atoms with Crippen LogP contribution in [0, 0.1) is 6.92 Å². The predicted molar refractivity (Wildman–Crippen MR) is 79.2 cm³/mol. The molecule has 0 aliphatic carbocycles. The molecular formula is C16H20N2O2. The van der Waals surface area contributed by atoms with Crippen molar-refractivity contribution in [3.05, 3.63) is 53.3 Å². The first-order chi connectivity index (χ1) is 9.67. The second-order valence-corrected chi connectivity index (χ2v) is 4.65. The van der Waals surface area contributed by atoms with Gasteiger partial charge in [-0.3, -0.25) is 4.98 Å². The molecule has 0 fully saturated rings. The van der Waals surface area contributed by atoms with Gasteiger partial charge in [-0.15, -0.1) is 0 Å². The normalized spacial score (nSPS) is 12.0. The van der Waals surface area contributed by atoms with Gasteiger partial charge < -0.3 is 15.2 Å². The molecule has 0 aliphatic heterocycles. The number of ether oxygens (including phenoxy) is 2. The zero-order valence-electron chi connectivity index (χ0n) is 12.1. The van der Waals surface area contributed by atoms with E-state index in [1.165, 1.54) is 0 Å². The van der Waals surface area contributed by atoms with E-state index in [-0.39, 0.29) is 6.04 Å². The van der Waals surface area contributed by atoms with Crippen molar-refractivity contribution in [2.24, 2.45) is 5.73 Å². The van der Waals surface area contributed by atoms with Crippen molar-refractivity contribution in [3.8, 4) is 11.5 Å². The molecule has 1 atom stereocenters. The monoisotopic (exact) mass is 272 g/mol. The SMILES string of the molecule is COc1cccc(OC)c1C(N)Cc1ncccc1C. The molecule has 1 unspecified atom stereocenters. The van der Waals surface area contributed by atoms with Crippen molar-refractivity contribution in [2.75, 3.05) is 14.2 Å². The second-order valence-electron chi connectivity index (χ2n) is 4.65. The number of rotatable bonds is 5. The summed E-state index contributed by atoms with van der Waals surface area (Å²) in [5, 5.41) is 0. The van der Waals surface area contributed by atoms with Crippen LogP contribution >= 0.6 is 0 Å². The summed E-state index contributed by atoms with van der Waals surface area (Å²) in [7, 11) is 3.27. The fraction of sp³-hybridized carbons (Fsp3) is 0.312. The summed E-state index contributed by atoms with van der Waals surface area (Å²) in [6.45, 7) is 2.04. The van der Waals surface area contributed by atoms with Crippen molar-refractivity contribution in [3.63, 3.8) is 0 Å². The molecule has 2 rings (SSSR count). The lowest BCUT2D eigenvalue weighted by Gasteiger charge is -2.19. The van der Waals surface area contributed by atoms with Gasteiger partial charge in [-0.2, -0.15) is 0 Å². The number of methoxy groups -OCH3 is 2. The standard InChI is InChI=1S/C16H20N2O2/c1-11-6-5-9-18-13(11)10-12(17)16-14(19-2)7-4-8-15(16)20-3/h4-9,12H,10,17H2,1-3H3. The van der Waals surface area contributed by atoms with E-state index < -0.39 is 0 Å². The molecule has 20 heavy (non-hydrogen) atoms. The molecule has 0 spiro atoms. The van der Waals surface area contributed by atoms with Gasteiger partial charge in [0, 0.05) is 24.4 Å². The van der Waals surface area contributed by atoms with E-state index in [0.29, 0.717) is 6.42 Å². The van der Waals surface area contributed by atoms with E-state index in [1.54, 1.807) is 20.4 Å². The summed E-state index contributed by atoms with van der Waals surface area (Å²) in [6.07, 6.45) is 2.43. The molecule has 4 nitrogen and oxygen atoms in total. The average molecular weight is 272 g/mol. The molecule has 1 aromatic carbocycles. The number of hydrogen-bond donors (Lipinski definition) is 1. The van der Waals surface area contributed by atoms with Crippen molar-refractivity contribution in [2.45, 2.75) is 19.4 Å².